The normalized spacial score (nSPS) is 16.3. The molecule has 0 aromatic heterocycles. The van der Waals surface area contributed by atoms with Crippen molar-refractivity contribution >= 4 is 5.69 Å². The minimum Gasteiger partial charge on any atom is -0.378 e. The van der Waals surface area contributed by atoms with Crippen molar-refractivity contribution in [2.24, 2.45) is 5.73 Å². The fourth-order valence-corrected chi connectivity index (χ4v) is 2.81. The van der Waals surface area contributed by atoms with Crippen LogP contribution in [0.4, 0.5) is 5.69 Å². The Labute approximate surface area is 108 Å². The van der Waals surface area contributed by atoms with E-state index < -0.39 is 0 Å². The maximum absolute atomic E-state index is 6.03. The lowest BCUT2D eigenvalue weighted by Crippen LogP contribution is -2.46. The highest BCUT2D eigenvalue weighted by Crippen LogP contribution is 2.32. The highest BCUT2D eigenvalue weighted by atomic mass is 15.0. The molecule has 2 aromatic rings. The fraction of sp³-hybridized carbons (Fsp3) is 0.250. The second-order valence-corrected chi connectivity index (χ2v) is 5.10. The molecule has 2 aromatic carbocycles. The van der Waals surface area contributed by atoms with E-state index in [1.807, 2.05) is 6.07 Å². The van der Waals surface area contributed by atoms with Crippen LogP contribution >= 0.6 is 0 Å². The van der Waals surface area contributed by atoms with E-state index in [-0.39, 0.29) is 5.54 Å². The molecule has 0 radical (unpaired) electrons. The minimum atomic E-state index is -0.0228. The molecule has 0 unspecified atom stereocenters. The first-order valence-electron chi connectivity index (χ1n) is 6.41. The van der Waals surface area contributed by atoms with Crippen molar-refractivity contribution in [3.05, 3.63) is 65.7 Å². The summed E-state index contributed by atoms with van der Waals surface area (Å²) in [5.74, 6) is 0. The SMILES string of the molecule is NCC1(Nc2ccccc2)Cc2ccccc2C1. The molecule has 92 valence electrons. The lowest BCUT2D eigenvalue weighted by atomic mass is 9.95. The minimum absolute atomic E-state index is 0.0228. The monoisotopic (exact) mass is 238 g/mol. The Bertz CT molecular complexity index is 509. The van der Waals surface area contributed by atoms with Crippen molar-refractivity contribution in [1.82, 2.24) is 0 Å². The zero-order valence-corrected chi connectivity index (χ0v) is 10.4. The molecule has 0 bridgehead atoms. The summed E-state index contributed by atoms with van der Waals surface area (Å²) in [6, 6.07) is 19.0. The third-order valence-electron chi connectivity index (χ3n) is 3.75. The zero-order valence-electron chi connectivity index (χ0n) is 10.4. The molecule has 0 heterocycles. The molecule has 0 amide bonds. The van der Waals surface area contributed by atoms with E-state index >= 15 is 0 Å². The maximum Gasteiger partial charge on any atom is 0.0576 e. The lowest BCUT2D eigenvalue weighted by molar-refractivity contribution is 0.504. The van der Waals surface area contributed by atoms with Gasteiger partial charge in [-0.2, -0.15) is 0 Å². The molecular formula is C16H18N2. The molecule has 3 rings (SSSR count). The van der Waals surface area contributed by atoms with Gasteiger partial charge in [0.25, 0.3) is 0 Å². The van der Waals surface area contributed by atoms with Gasteiger partial charge in [-0.15, -0.1) is 0 Å². The topological polar surface area (TPSA) is 38.0 Å². The highest BCUT2D eigenvalue weighted by molar-refractivity contribution is 5.49. The summed E-state index contributed by atoms with van der Waals surface area (Å²) in [6.07, 6.45) is 2.02. The Morgan fingerprint density at radius 1 is 0.889 bits per heavy atom. The molecule has 18 heavy (non-hydrogen) atoms. The number of anilines is 1. The first-order valence-corrected chi connectivity index (χ1v) is 6.41. The highest BCUT2D eigenvalue weighted by Gasteiger charge is 2.35. The maximum atomic E-state index is 6.03. The van der Waals surface area contributed by atoms with Crippen LogP contribution in [0.15, 0.2) is 54.6 Å². The number of hydrogen-bond acceptors (Lipinski definition) is 2. The summed E-state index contributed by atoms with van der Waals surface area (Å²) in [6.45, 7) is 0.649. The first kappa shape index (κ1) is 11.3. The summed E-state index contributed by atoms with van der Waals surface area (Å²) < 4.78 is 0. The Hall–Kier alpha value is -1.80. The molecule has 0 saturated heterocycles. The number of benzene rings is 2. The third kappa shape index (κ3) is 2.00. The quantitative estimate of drug-likeness (QED) is 0.862. The van der Waals surface area contributed by atoms with Crippen LogP contribution in [0.25, 0.3) is 0 Å². The molecule has 1 aliphatic rings. The Kier molecular flexibility index (Phi) is 2.80. The molecule has 0 spiro atoms. The van der Waals surface area contributed by atoms with Crippen molar-refractivity contribution in [3.8, 4) is 0 Å². The van der Waals surface area contributed by atoms with Crippen LogP contribution < -0.4 is 11.1 Å². The van der Waals surface area contributed by atoms with Crippen LogP contribution in [0.5, 0.6) is 0 Å². The van der Waals surface area contributed by atoms with Crippen molar-refractivity contribution in [1.29, 1.82) is 0 Å². The van der Waals surface area contributed by atoms with Crippen LogP contribution in [0.1, 0.15) is 11.1 Å². The van der Waals surface area contributed by atoms with Crippen LogP contribution in [-0.2, 0) is 12.8 Å². The lowest BCUT2D eigenvalue weighted by Gasteiger charge is -2.30. The van der Waals surface area contributed by atoms with Crippen molar-refractivity contribution in [3.63, 3.8) is 0 Å². The standard InChI is InChI=1S/C16H18N2/c17-12-16(18-15-8-2-1-3-9-15)10-13-6-4-5-7-14(13)11-16/h1-9,18H,10-12,17H2. The smallest absolute Gasteiger partial charge is 0.0576 e. The number of rotatable bonds is 3. The van der Waals surface area contributed by atoms with Crippen molar-refractivity contribution in [2.45, 2.75) is 18.4 Å². The Morgan fingerprint density at radius 2 is 1.44 bits per heavy atom. The van der Waals surface area contributed by atoms with Gasteiger partial charge in [-0.3, -0.25) is 0 Å². The van der Waals surface area contributed by atoms with Gasteiger partial charge < -0.3 is 11.1 Å². The second kappa shape index (κ2) is 4.46. The van der Waals surface area contributed by atoms with Gasteiger partial charge in [-0.1, -0.05) is 42.5 Å². The molecule has 3 N–H and O–H groups in total. The van der Waals surface area contributed by atoms with E-state index in [0.717, 1.165) is 18.5 Å². The summed E-state index contributed by atoms with van der Waals surface area (Å²) >= 11 is 0. The summed E-state index contributed by atoms with van der Waals surface area (Å²) in [5.41, 5.74) is 10.0. The predicted octanol–water partition coefficient (Wildman–Crippen LogP) is 2.59. The molecule has 0 atom stereocenters. The van der Waals surface area contributed by atoms with Gasteiger partial charge in [0.2, 0.25) is 0 Å². The van der Waals surface area contributed by atoms with Gasteiger partial charge in [0.15, 0.2) is 0 Å². The average Bonchev–Trinajstić information content (AvgIpc) is 2.78. The van der Waals surface area contributed by atoms with Gasteiger partial charge in [0.05, 0.1) is 5.54 Å². The number of para-hydroxylation sites is 1. The van der Waals surface area contributed by atoms with Crippen molar-refractivity contribution < 1.29 is 0 Å². The number of nitrogens with two attached hydrogens (primary N) is 1. The zero-order chi connectivity index (χ0) is 12.4. The molecule has 1 aliphatic carbocycles. The van der Waals surface area contributed by atoms with E-state index in [1.54, 1.807) is 0 Å². The van der Waals surface area contributed by atoms with Gasteiger partial charge in [-0.05, 0) is 36.1 Å². The van der Waals surface area contributed by atoms with Gasteiger partial charge in [0.1, 0.15) is 0 Å². The van der Waals surface area contributed by atoms with E-state index in [4.69, 9.17) is 5.73 Å². The number of nitrogens with one attached hydrogen (secondary N) is 1. The van der Waals surface area contributed by atoms with Gasteiger partial charge in [0, 0.05) is 12.2 Å². The predicted molar refractivity (Wildman–Crippen MR) is 75.7 cm³/mol. The van der Waals surface area contributed by atoms with Crippen LogP contribution in [-0.4, -0.2) is 12.1 Å². The van der Waals surface area contributed by atoms with E-state index in [0.29, 0.717) is 6.54 Å². The number of hydrogen-bond donors (Lipinski definition) is 2. The molecule has 0 fully saturated rings. The second-order valence-electron chi connectivity index (χ2n) is 5.10. The molecular weight excluding hydrogens is 220 g/mol. The summed E-state index contributed by atoms with van der Waals surface area (Å²) in [4.78, 5) is 0. The van der Waals surface area contributed by atoms with Gasteiger partial charge >= 0.3 is 0 Å². The summed E-state index contributed by atoms with van der Waals surface area (Å²) in [7, 11) is 0. The van der Waals surface area contributed by atoms with E-state index in [2.05, 4.69) is 53.8 Å². The largest absolute Gasteiger partial charge is 0.378 e. The molecule has 2 heteroatoms. The Morgan fingerprint density at radius 3 is 2.00 bits per heavy atom. The summed E-state index contributed by atoms with van der Waals surface area (Å²) in [5, 5.41) is 3.63. The molecule has 0 aliphatic heterocycles. The Balaban J connectivity index is 1.86. The fourth-order valence-electron chi connectivity index (χ4n) is 2.81. The van der Waals surface area contributed by atoms with E-state index in [1.165, 1.54) is 11.1 Å². The third-order valence-corrected chi connectivity index (χ3v) is 3.75. The van der Waals surface area contributed by atoms with Crippen LogP contribution in [0.2, 0.25) is 0 Å². The first-order chi connectivity index (χ1) is 8.81. The molecule has 0 saturated carbocycles. The van der Waals surface area contributed by atoms with Crippen molar-refractivity contribution in [2.75, 3.05) is 11.9 Å². The average molecular weight is 238 g/mol. The molecule has 2 nitrogen and oxygen atoms in total. The van der Waals surface area contributed by atoms with Crippen LogP contribution in [0, 0.1) is 0 Å². The number of fused-ring (bicyclic) bond motifs is 1. The van der Waals surface area contributed by atoms with E-state index in [9.17, 15) is 0 Å². The van der Waals surface area contributed by atoms with Gasteiger partial charge in [-0.25, -0.2) is 0 Å². The van der Waals surface area contributed by atoms with Crippen LogP contribution in [0.3, 0.4) is 0 Å².